The smallest absolute Gasteiger partial charge is 0.338 e. The number of esters is 1. The highest BCUT2D eigenvalue weighted by Crippen LogP contribution is 2.31. The van der Waals surface area contributed by atoms with Gasteiger partial charge in [-0.15, -0.1) is 11.3 Å². The zero-order valence-electron chi connectivity index (χ0n) is 18.3. The Morgan fingerprint density at radius 2 is 2.00 bits per heavy atom. The first-order valence-electron chi connectivity index (χ1n) is 10.7. The molecule has 1 saturated heterocycles. The average Bonchev–Trinajstić information content (AvgIpc) is 3.34. The van der Waals surface area contributed by atoms with Gasteiger partial charge < -0.3 is 9.47 Å². The number of aromatic nitrogens is 1. The third-order valence-corrected chi connectivity index (χ3v) is 6.45. The second-order valence-corrected chi connectivity index (χ2v) is 8.68. The second kappa shape index (κ2) is 11.4. The topological polar surface area (TPSA) is 67.3 Å². The summed E-state index contributed by atoms with van der Waals surface area (Å²) in [5, 5.41) is 9.47. The first-order valence-corrected chi connectivity index (χ1v) is 11.9. The number of hydrogen-bond acceptors (Lipinski definition) is 8. The van der Waals surface area contributed by atoms with Crippen LogP contribution >= 0.6 is 22.9 Å². The summed E-state index contributed by atoms with van der Waals surface area (Å²) in [5.74, 6) is -0.358. The van der Waals surface area contributed by atoms with Gasteiger partial charge in [-0.3, -0.25) is 4.90 Å². The van der Waals surface area contributed by atoms with Gasteiger partial charge in [-0.2, -0.15) is 5.10 Å². The van der Waals surface area contributed by atoms with Crippen LogP contribution in [0.15, 0.2) is 59.0 Å². The number of carbonyl (C=O) groups is 1. The van der Waals surface area contributed by atoms with Gasteiger partial charge in [0.05, 0.1) is 30.7 Å². The molecule has 0 radical (unpaired) electrons. The Balaban J connectivity index is 1.39. The number of halogens is 1. The molecule has 1 fully saturated rings. The van der Waals surface area contributed by atoms with E-state index in [2.05, 4.69) is 15.0 Å². The minimum atomic E-state index is -0.358. The van der Waals surface area contributed by atoms with Gasteiger partial charge in [0.25, 0.3) is 0 Å². The van der Waals surface area contributed by atoms with Gasteiger partial charge in [-0.05, 0) is 12.1 Å². The van der Waals surface area contributed by atoms with Gasteiger partial charge in [0.2, 0.25) is 5.13 Å². The highest BCUT2D eigenvalue weighted by molar-refractivity contribution is 7.14. The molecule has 0 spiro atoms. The van der Waals surface area contributed by atoms with Gasteiger partial charge in [0, 0.05) is 48.2 Å². The summed E-state index contributed by atoms with van der Waals surface area (Å²) in [7, 11) is 1.81. The monoisotopic (exact) mass is 484 g/mol. The van der Waals surface area contributed by atoms with Crippen molar-refractivity contribution in [3.8, 4) is 11.3 Å². The Bertz CT molecular complexity index is 1110. The van der Waals surface area contributed by atoms with Crippen molar-refractivity contribution in [2.45, 2.75) is 0 Å². The number of thiazole rings is 1. The molecule has 0 amide bonds. The van der Waals surface area contributed by atoms with E-state index in [0.29, 0.717) is 34.4 Å². The summed E-state index contributed by atoms with van der Waals surface area (Å²) in [6, 6.07) is 14.9. The normalized spacial score (nSPS) is 14.5. The molecule has 0 atom stereocenters. The van der Waals surface area contributed by atoms with E-state index in [1.807, 2.05) is 54.9 Å². The zero-order valence-corrected chi connectivity index (χ0v) is 19.9. The van der Waals surface area contributed by atoms with Crippen LogP contribution in [0.3, 0.4) is 0 Å². The minimum Gasteiger partial charge on any atom is -0.461 e. The molecule has 0 aliphatic carbocycles. The van der Waals surface area contributed by atoms with Crippen LogP contribution in [0.5, 0.6) is 0 Å². The summed E-state index contributed by atoms with van der Waals surface area (Å²) in [5.41, 5.74) is 2.84. The lowest BCUT2D eigenvalue weighted by atomic mass is 10.1. The summed E-state index contributed by atoms with van der Waals surface area (Å²) < 4.78 is 10.8. The van der Waals surface area contributed by atoms with E-state index < -0.39 is 0 Å². The molecule has 1 aliphatic heterocycles. The number of ether oxygens (including phenoxy) is 2. The van der Waals surface area contributed by atoms with Gasteiger partial charge in [-0.1, -0.05) is 48.0 Å². The maximum Gasteiger partial charge on any atom is 0.338 e. The lowest BCUT2D eigenvalue weighted by Gasteiger charge is -2.26. The maximum absolute atomic E-state index is 12.7. The number of benzene rings is 2. The van der Waals surface area contributed by atoms with Crippen molar-refractivity contribution in [3.63, 3.8) is 0 Å². The van der Waals surface area contributed by atoms with E-state index in [0.717, 1.165) is 37.6 Å². The molecule has 0 saturated carbocycles. The lowest BCUT2D eigenvalue weighted by molar-refractivity contribution is 0.0195. The molecular weight excluding hydrogens is 460 g/mol. The van der Waals surface area contributed by atoms with Gasteiger partial charge >= 0.3 is 5.97 Å². The number of morpholine rings is 1. The van der Waals surface area contributed by atoms with Crippen LogP contribution in [0.2, 0.25) is 5.02 Å². The lowest BCUT2D eigenvalue weighted by Crippen LogP contribution is -2.38. The molecule has 0 unspecified atom stereocenters. The standard InChI is InChI=1S/C24H25ClN4O3S/c1-28(24-27-22(17-33-24)20-8-4-5-9-21(20)25)26-16-18-6-2-3-7-19(18)23(30)32-15-12-29-10-13-31-14-11-29/h2-9,16-17H,10-15H2,1H3. The molecule has 1 aromatic heterocycles. The fraction of sp³-hybridized carbons (Fsp3) is 0.292. The van der Waals surface area contributed by atoms with Gasteiger partial charge in [0.1, 0.15) is 6.61 Å². The Morgan fingerprint density at radius 3 is 2.82 bits per heavy atom. The van der Waals surface area contributed by atoms with Crippen molar-refractivity contribution < 1.29 is 14.3 Å². The first-order chi connectivity index (χ1) is 16.1. The SMILES string of the molecule is CN(N=Cc1ccccc1C(=O)OCCN1CCOCC1)c1nc(-c2ccccc2Cl)cs1. The predicted octanol–water partition coefficient (Wildman–Crippen LogP) is 4.42. The third-order valence-electron chi connectivity index (χ3n) is 5.21. The largest absolute Gasteiger partial charge is 0.461 e. The number of rotatable bonds is 8. The minimum absolute atomic E-state index is 0.341. The van der Waals surface area contributed by atoms with E-state index in [1.165, 1.54) is 11.3 Å². The molecular formula is C24H25ClN4O3S. The molecule has 1 aliphatic rings. The van der Waals surface area contributed by atoms with Crippen LogP contribution < -0.4 is 5.01 Å². The fourth-order valence-corrected chi connectivity index (χ4v) is 4.35. The summed E-state index contributed by atoms with van der Waals surface area (Å²) >= 11 is 7.75. The average molecular weight is 485 g/mol. The fourth-order valence-electron chi connectivity index (χ4n) is 3.37. The number of hydrogen-bond donors (Lipinski definition) is 0. The molecule has 0 bridgehead atoms. The van der Waals surface area contributed by atoms with Gasteiger partial charge in [-0.25, -0.2) is 14.8 Å². The maximum atomic E-state index is 12.7. The predicted molar refractivity (Wildman–Crippen MR) is 133 cm³/mol. The number of anilines is 1. The molecule has 33 heavy (non-hydrogen) atoms. The Morgan fingerprint density at radius 1 is 1.24 bits per heavy atom. The van der Waals surface area contributed by atoms with E-state index in [1.54, 1.807) is 17.3 Å². The number of carbonyl (C=O) groups excluding carboxylic acids is 1. The van der Waals surface area contributed by atoms with Crippen LogP contribution in [0.1, 0.15) is 15.9 Å². The van der Waals surface area contributed by atoms with E-state index in [9.17, 15) is 4.79 Å². The van der Waals surface area contributed by atoms with Crippen molar-refractivity contribution in [3.05, 3.63) is 70.1 Å². The van der Waals surface area contributed by atoms with E-state index in [-0.39, 0.29) is 5.97 Å². The highest BCUT2D eigenvalue weighted by atomic mass is 35.5. The molecule has 4 rings (SSSR count). The second-order valence-electron chi connectivity index (χ2n) is 7.44. The molecule has 9 heteroatoms. The summed E-state index contributed by atoms with van der Waals surface area (Å²) in [4.78, 5) is 19.5. The molecule has 7 nitrogen and oxygen atoms in total. The van der Waals surface area contributed by atoms with Crippen molar-refractivity contribution in [2.75, 3.05) is 51.5 Å². The first kappa shape index (κ1) is 23.4. The Labute approximate surface area is 202 Å². The van der Waals surface area contributed by atoms with Crippen molar-refractivity contribution in [1.82, 2.24) is 9.88 Å². The van der Waals surface area contributed by atoms with Crippen LogP contribution in [0.4, 0.5) is 5.13 Å². The molecule has 2 aromatic carbocycles. The zero-order chi connectivity index (χ0) is 23.0. The van der Waals surface area contributed by atoms with Crippen molar-refractivity contribution in [2.24, 2.45) is 5.10 Å². The molecule has 2 heterocycles. The highest BCUT2D eigenvalue weighted by Gasteiger charge is 2.15. The van der Waals surface area contributed by atoms with Crippen LogP contribution in [-0.2, 0) is 9.47 Å². The van der Waals surface area contributed by atoms with E-state index >= 15 is 0 Å². The quantitative estimate of drug-likeness (QED) is 0.268. The molecule has 0 N–H and O–H groups in total. The van der Waals surface area contributed by atoms with Crippen LogP contribution in [0.25, 0.3) is 11.3 Å². The van der Waals surface area contributed by atoms with Crippen LogP contribution in [0, 0.1) is 0 Å². The van der Waals surface area contributed by atoms with Crippen molar-refractivity contribution >= 4 is 40.3 Å². The summed E-state index contributed by atoms with van der Waals surface area (Å²) in [6.07, 6.45) is 1.65. The number of nitrogens with zero attached hydrogens (tertiary/aromatic N) is 4. The molecule has 3 aromatic rings. The third kappa shape index (κ3) is 6.17. The van der Waals surface area contributed by atoms with Crippen LogP contribution in [-0.4, -0.2) is 68.6 Å². The Kier molecular flexibility index (Phi) is 8.06. The summed E-state index contributed by atoms with van der Waals surface area (Å²) in [6.45, 7) is 4.21. The van der Waals surface area contributed by atoms with Crippen molar-refractivity contribution in [1.29, 1.82) is 0 Å². The van der Waals surface area contributed by atoms with Gasteiger partial charge in [0.15, 0.2) is 0 Å². The Hall–Kier alpha value is -2.78. The van der Waals surface area contributed by atoms with E-state index in [4.69, 9.17) is 21.1 Å². The number of hydrazone groups is 1. The molecule has 172 valence electrons.